The third-order valence-corrected chi connectivity index (χ3v) is 5.48. The number of carbonyl (C=O) groups is 2. The van der Waals surface area contributed by atoms with Gasteiger partial charge in [0.15, 0.2) is 0 Å². The van der Waals surface area contributed by atoms with E-state index in [-0.39, 0.29) is 17.4 Å². The Kier molecular flexibility index (Phi) is 6.27. The summed E-state index contributed by atoms with van der Waals surface area (Å²) in [6, 6.07) is 5.60. The molecular formula is C19H25BrN2O3. The van der Waals surface area contributed by atoms with E-state index >= 15 is 0 Å². The van der Waals surface area contributed by atoms with Crippen LogP contribution in [-0.4, -0.2) is 42.5 Å². The summed E-state index contributed by atoms with van der Waals surface area (Å²) in [5.74, 6) is 0.777. The van der Waals surface area contributed by atoms with Gasteiger partial charge in [-0.2, -0.15) is 0 Å². The van der Waals surface area contributed by atoms with Gasteiger partial charge in [0, 0.05) is 31.4 Å². The highest BCUT2D eigenvalue weighted by Gasteiger charge is 2.42. The lowest BCUT2D eigenvalue weighted by atomic mass is 9.82. The van der Waals surface area contributed by atoms with E-state index in [1.807, 2.05) is 34.1 Å². The molecule has 6 heteroatoms. The molecule has 0 spiro atoms. The summed E-state index contributed by atoms with van der Waals surface area (Å²) < 4.78 is 6.06. The summed E-state index contributed by atoms with van der Waals surface area (Å²) in [5.41, 5.74) is 0.433. The van der Waals surface area contributed by atoms with Gasteiger partial charge < -0.3 is 14.5 Å². The molecule has 1 saturated heterocycles. The van der Waals surface area contributed by atoms with Crippen LogP contribution in [0.1, 0.15) is 33.1 Å². The zero-order chi connectivity index (χ0) is 18.6. The Labute approximate surface area is 157 Å². The molecule has 0 bridgehead atoms. The SMILES string of the molecule is C=CCC1(N(C(C)=O)c2ccc(OC)cc2Br)CCN(C(C)=O)CC1. The fourth-order valence-electron chi connectivity index (χ4n) is 3.58. The molecule has 1 heterocycles. The van der Waals surface area contributed by atoms with Gasteiger partial charge in [0.25, 0.3) is 0 Å². The number of anilines is 1. The van der Waals surface area contributed by atoms with Gasteiger partial charge in [-0.3, -0.25) is 9.59 Å². The molecule has 2 rings (SSSR count). The monoisotopic (exact) mass is 408 g/mol. The van der Waals surface area contributed by atoms with E-state index in [0.29, 0.717) is 19.5 Å². The molecule has 0 aromatic heterocycles. The number of amides is 2. The zero-order valence-electron chi connectivity index (χ0n) is 15.0. The molecule has 1 aromatic carbocycles. The lowest BCUT2D eigenvalue weighted by Crippen LogP contribution is -2.57. The van der Waals surface area contributed by atoms with Crippen molar-refractivity contribution in [2.45, 2.75) is 38.6 Å². The summed E-state index contributed by atoms with van der Waals surface area (Å²) in [6.07, 6.45) is 3.97. The molecule has 0 radical (unpaired) electrons. The second-order valence-electron chi connectivity index (χ2n) is 6.39. The Hall–Kier alpha value is -1.82. The molecule has 1 aliphatic rings. The first-order valence-electron chi connectivity index (χ1n) is 8.35. The number of ether oxygens (including phenoxy) is 1. The predicted molar refractivity (Wildman–Crippen MR) is 103 cm³/mol. The molecule has 5 nitrogen and oxygen atoms in total. The number of hydrogen-bond acceptors (Lipinski definition) is 3. The molecule has 2 amide bonds. The molecule has 1 aliphatic heterocycles. The fourth-order valence-corrected chi connectivity index (χ4v) is 4.12. The summed E-state index contributed by atoms with van der Waals surface area (Å²) in [4.78, 5) is 28.0. The van der Waals surface area contributed by atoms with Crippen molar-refractivity contribution in [3.8, 4) is 5.75 Å². The maximum Gasteiger partial charge on any atom is 0.224 e. The summed E-state index contributed by atoms with van der Waals surface area (Å²) in [6.45, 7) is 8.34. The number of piperidine rings is 1. The molecule has 1 fully saturated rings. The number of nitrogens with zero attached hydrogens (tertiary/aromatic N) is 2. The average Bonchev–Trinajstić information content (AvgIpc) is 2.57. The molecule has 136 valence electrons. The Morgan fingerprint density at radius 1 is 1.36 bits per heavy atom. The highest BCUT2D eigenvalue weighted by atomic mass is 79.9. The van der Waals surface area contributed by atoms with Crippen LogP contribution in [0.2, 0.25) is 0 Å². The summed E-state index contributed by atoms with van der Waals surface area (Å²) in [5, 5.41) is 0. The van der Waals surface area contributed by atoms with E-state index in [1.54, 1.807) is 21.0 Å². The number of hydrogen-bond donors (Lipinski definition) is 0. The van der Waals surface area contributed by atoms with Gasteiger partial charge >= 0.3 is 0 Å². The van der Waals surface area contributed by atoms with E-state index in [9.17, 15) is 9.59 Å². The maximum absolute atomic E-state index is 12.6. The highest BCUT2D eigenvalue weighted by Crippen LogP contribution is 2.40. The minimum absolute atomic E-state index is 0.0241. The van der Waals surface area contributed by atoms with Crippen LogP contribution in [-0.2, 0) is 9.59 Å². The maximum atomic E-state index is 12.6. The normalized spacial score (nSPS) is 16.2. The second kappa shape index (κ2) is 8.04. The summed E-state index contributed by atoms with van der Waals surface area (Å²) in [7, 11) is 1.61. The molecule has 0 N–H and O–H groups in total. The first-order chi connectivity index (χ1) is 11.8. The molecule has 0 saturated carbocycles. The smallest absolute Gasteiger partial charge is 0.224 e. The quantitative estimate of drug-likeness (QED) is 0.696. The number of halogens is 1. The Morgan fingerprint density at radius 3 is 2.44 bits per heavy atom. The first-order valence-corrected chi connectivity index (χ1v) is 9.14. The van der Waals surface area contributed by atoms with Crippen LogP contribution in [0.5, 0.6) is 5.75 Å². The third kappa shape index (κ3) is 4.06. The molecule has 0 atom stereocenters. The molecular weight excluding hydrogens is 384 g/mol. The van der Waals surface area contributed by atoms with Gasteiger partial charge in [-0.1, -0.05) is 6.08 Å². The van der Waals surface area contributed by atoms with Crippen LogP contribution in [0.15, 0.2) is 35.3 Å². The van der Waals surface area contributed by atoms with Gasteiger partial charge in [0.1, 0.15) is 5.75 Å². The second-order valence-corrected chi connectivity index (χ2v) is 7.25. The third-order valence-electron chi connectivity index (χ3n) is 4.85. The van der Waals surface area contributed by atoms with Gasteiger partial charge in [0.2, 0.25) is 11.8 Å². The fraction of sp³-hybridized carbons (Fsp3) is 0.474. The lowest BCUT2D eigenvalue weighted by Gasteiger charge is -2.48. The van der Waals surface area contributed by atoms with Crippen molar-refractivity contribution in [1.29, 1.82) is 0 Å². The van der Waals surface area contributed by atoms with Gasteiger partial charge in [0.05, 0.1) is 18.3 Å². The summed E-state index contributed by atoms with van der Waals surface area (Å²) >= 11 is 3.57. The Bertz CT molecular complexity index is 667. The van der Waals surface area contributed by atoms with E-state index in [2.05, 4.69) is 22.5 Å². The largest absolute Gasteiger partial charge is 0.497 e. The first kappa shape index (κ1) is 19.5. The van der Waals surface area contributed by atoms with Crippen molar-refractivity contribution in [1.82, 2.24) is 4.90 Å². The van der Waals surface area contributed by atoms with Crippen molar-refractivity contribution in [3.05, 3.63) is 35.3 Å². The molecule has 0 aliphatic carbocycles. The van der Waals surface area contributed by atoms with Gasteiger partial charge in [-0.05, 0) is 53.4 Å². The van der Waals surface area contributed by atoms with E-state index in [0.717, 1.165) is 28.8 Å². The number of carbonyl (C=O) groups excluding carboxylic acids is 2. The van der Waals surface area contributed by atoms with E-state index in [1.165, 1.54) is 0 Å². The van der Waals surface area contributed by atoms with Crippen LogP contribution in [0.3, 0.4) is 0 Å². The minimum atomic E-state index is -0.378. The number of methoxy groups -OCH3 is 1. The van der Waals surface area contributed by atoms with E-state index in [4.69, 9.17) is 4.74 Å². The number of rotatable bonds is 5. The van der Waals surface area contributed by atoms with Crippen molar-refractivity contribution < 1.29 is 14.3 Å². The standard InChI is InChI=1S/C19H25BrN2O3/c1-5-8-19(9-11-21(12-10-19)14(2)23)22(15(3)24)18-7-6-16(25-4)13-17(18)20/h5-7,13H,1,8-12H2,2-4H3. The van der Waals surface area contributed by atoms with Crippen LogP contribution < -0.4 is 9.64 Å². The van der Waals surface area contributed by atoms with Gasteiger partial charge in [-0.25, -0.2) is 0 Å². The van der Waals surface area contributed by atoms with Crippen molar-refractivity contribution >= 4 is 33.4 Å². The average molecular weight is 409 g/mol. The Morgan fingerprint density at radius 2 is 2.00 bits per heavy atom. The van der Waals surface area contributed by atoms with Crippen molar-refractivity contribution in [3.63, 3.8) is 0 Å². The van der Waals surface area contributed by atoms with Crippen LogP contribution in [0, 0.1) is 0 Å². The molecule has 25 heavy (non-hydrogen) atoms. The number of likely N-dealkylation sites (tertiary alicyclic amines) is 1. The van der Waals surface area contributed by atoms with Gasteiger partial charge in [-0.15, -0.1) is 6.58 Å². The molecule has 1 aromatic rings. The zero-order valence-corrected chi connectivity index (χ0v) is 16.6. The van der Waals surface area contributed by atoms with E-state index < -0.39 is 0 Å². The highest BCUT2D eigenvalue weighted by molar-refractivity contribution is 9.10. The predicted octanol–water partition coefficient (Wildman–Crippen LogP) is 3.77. The topological polar surface area (TPSA) is 49.9 Å². The van der Waals surface area contributed by atoms with Crippen molar-refractivity contribution in [2.75, 3.05) is 25.1 Å². The van der Waals surface area contributed by atoms with Crippen LogP contribution in [0.25, 0.3) is 0 Å². The minimum Gasteiger partial charge on any atom is -0.497 e. The molecule has 0 unspecified atom stereocenters. The Balaban J connectivity index is 2.43. The lowest BCUT2D eigenvalue weighted by molar-refractivity contribution is -0.130. The van der Waals surface area contributed by atoms with Crippen LogP contribution >= 0.6 is 15.9 Å². The van der Waals surface area contributed by atoms with Crippen LogP contribution in [0.4, 0.5) is 5.69 Å². The number of benzene rings is 1. The van der Waals surface area contributed by atoms with Crippen molar-refractivity contribution in [2.24, 2.45) is 0 Å².